The zero-order chi connectivity index (χ0) is 16.2. The number of benzene rings is 1. The molecular formula is C14H14ClF3N4. The van der Waals surface area contributed by atoms with Crippen molar-refractivity contribution >= 4 is 23.4 Å². The third-order valence-corrected chi connectivity index (χ3v) is 2.99. The smallest absolute Gasteiger partial charge is 0.366 e. The normalized spacial score (nSPS) is 11.3. The van der Waals surface area contributed by atoms with E-state index in [-0.39, 0.29) is 11.8 Å². The minimum Gasteiger partial charge on any atom is -0.366 e. The van der Waals surface area contributed by atoms with Crippen LogP contribution in [0.3, 0.4) is 0 Å². The van der Waals surface area contributed by atoms with Crippen LogP contribution in [0.25, 0.3) is 0 Å². The molecule has 1 aromatic carbocycles. The Balaban J connectivity index is 2.18. The summed E-state index contributed by atoms with van der Waals surface area (Å²) >= 11 is 5.78. The molecule has 0 radical (unpaired) electrons. The van der Waals surface area contributed by atoms with E-state index in [2.05, 4.69) is 20.6 Å². The molecule has 0 bridgehead atoms. The molecule has 0 aliphatic carbocycles. The number of hydrogen-bond acceptors (Lipinski definition) is 4. The summed E-state index contributed by atoms with van der Waals surface area (Å²) < 4.78 is 38.5. The van der Waals surface area contributed by atoms with Gasteiger partial charge in [-0.1, -0.05) is 23.7 Å². The number of halogens is 4. The SMILES string of the molecule is CCNc1nc(NCc2ccc(Cl)cc2)cc(C(F)(F)F)n1. The lowest BCUT2D eigenvalue weighted by Gasteiger charge is -2.12. The second-order valence-electron chi connectivity index (χ2n) is 4.47. The first-order chi connectivity index (χ1) is 10.4. The van der Waals surface area contributed by atoms with Gasteiger partial charge in [-0.05, 0) is 24.6 Å². The van der Waals surface area contributed by atoms with E-state index in [1.54, 1.807) is 31.2 Å². The fourth-order valence-corrected chi connectivity index (χ4v) is 1.84. The van der Waals surface area contributed by atoms with E-state index in [1.165, 1.54) is 0 Å². The standard InChI is InChI=1S/C14H14ClF3N4/c1-2-19-13-21-11(14(16,17)18)7-12(22-13)20-8-9-3-5-10(15)6-4-9/h3-7H,2,8H2,1H3,(H2,19,20,21,22). The molecular weight excluding hydrogens is 317 g/mol. The summed E-state index contributed by atoms with van der Waals surface area (Å²) in [4.78, 5) is 7.47. The maximum atomic E-state index is 12.8. The molecule has 22 heavy (non-hydrogen) atoms. The van der Waals surface area contributed by atoms with Crippen LogP contribution in [-0.4, -0.2) is 16.5 Å². The molecule has 2 aromatic rings. The molecule has 0 saturated carbocycles. The van der Waals surface area contributed by atoms with Gasteiger partial charge >= 0.3 is 6.18 Å². The van der Waals surface area contributed by atoms with Crippen molar-refractivity contribution in [3.63, 3.8) is 0 Å². The summed E-state index contributed by atoms with van der Waals surface area (Å²) in [6.07, 6.45) is -4.52. The van der Waals surface area contributed by atoms with Crippen LogP contribution in [0.15, 0.2) is 30.3 Å². The van der Waals surface area contributed by atoms with Crippen LogP contribution >= 0.6 is 11.6 Å². The van der Waals surface area contributed by atoms with Gasteiger partial charge in [-0.3, -0.25) is 0 Å². The Hall–Kier alpha value is -2.02. The number of rotatable bonds is 5. The van der Waals surface area contributed by atoms with Crippen LogP contribution in [0.2, 0.25) is 5.02 Å². The molecule has 4 nitrogen and oxygen atoms in total. The number of nitrogens with one attached hydrogen (secondary N) is 2. The van der Waals surface area contributed by atoms with Gasteiger partial charge < -0.3 is 10.6 Å². The Morgan fingerprint density at radius 3 is 2.36 bits per heavy atom. The third-order valence-electron chi connectivity index (χ3n) is 2.74. The highest BCUT2D eigenvalue weighted by Gasteiger charge is 2.33. The highest BCUT2D eigenvalue weighted by Crippen LogP contribution is 2.29. The predicted octanol–water partition coefficient (Wildman–Crippen LogP) is 4.19. The molecule has 8 heteroatoms. The maximum Gasteiger partial charge on any atom is 0.433 e. The maximum absolute atomic E-state index is 12.8. The van der Waals surface area contributed by atoms with Crippen molar-refractivity contribution in [2.75, 3.05) is 17.2 Å². The topological polar surface area (TPSA) is 49.8 Å². The number of hydrogen-bond donors (Lipinski definition) is 2. The van der Waals surface area contributed by atoms with Crippen LogP contribution < -0.4 is 10.6 Å². The van der Waals surface area contributed by atoms with Crippen LogP contribution in [0.5, 0.6) is 0 Å². The fraction of sp³-hybridized carbons (Fsp3) is 0.286. The van der Waals surface area contributed by atoms with Gasteiger partial charge in [0.2, 0.25) is 5.95 Å². The van der Waals surface area contributed by atoms with E-state index in [4.69, 9.17) is 11.6 Å². The van der Waals surface area contributed by atoms with E-state index in [9.17, 15) is 13.2 Å². The van der Waals surface area contributed by atoms with Crippen molar-refractivity contribution in [2.24, 2.45) is 0 Å². The molecule has 0 atom stereocenters. The van der Waals surface area contributed by atoms with Crippen molar-refractivity contribution in [1.82, 2.24) is 9.97 Å². The minimum atomic E-state index is -4.52. The van der Waals surface area contributed by atoms with Crippen molar-refractivity contribution in [2.45, 2.75) is 19.6 Å². The minimum absolute atomic E-state index is 0.0593. The summed E-state index contributed by atoms with van der Waals surface area (Å²) in [5, 5.41) is 6.14. The highest BCUT2D eigenvalue weighted by atomic mass is 35.5. The number of aromatic nitrogens is 2. The lowest BCUT2D eigenvalue weighted by Crippen LogP contribution is -2.14. The molecule has 0 fully saturated rings. The number of anilines is 2. The van der Waals surface area contributed by atoms with Gasteiger partial charge in [-0.15, -0.1) is 0 Å². The summed E-state index contributed by atoms with van der Waals surface area (Å²) in [6.45, 7) is 2.51. The molecule has 0 amide bonds. The molecule has 2 rings (SSSR count). The predicted molar refractivity (Wildman–Crippen MR) is 80.0 cm³/mol. The van der Waals surface area contributed by atoms with E-state index in [1.807, 2.05) is 0 Å². The average Bonchev–Trinajstić information content (AvgIpc) is 2.46. The van der Waals surface area contributed by atoms with Crippen LogP contribution in [0.4, 0.5) is 24.9 Å². The van der Waals surface area contributed by atoms with Gasteiger partial charge in [0.05, 0.1) is 0 Å². The quantitative estimate of drug-likeness (QED) is 0.863. The van der Waals surface area contributed by atoms with Gasteiger partial charge in [0, 0.05) is 24.2 Å². The van der Waals surface area contributed by atoms with Crippen LogP contribution in [0, 0.1) is 0 Å². The van der Waals surface area contributed by atoms with Crippen molar-refractivity contribution in [1.29, 1.82) is 0 Å². The van der Waals surface area contributed by atoms with Crippen LogP contribution in [0.1, 0.15) is 18.2 Å². The monoisotopic (exact) mass is 330 g/mol. The summed E-state index contributed by atoms with van der Waals surface area (Å²) in [5.74, 6) is 0.0455. The highest BCUT2D eigenvalue weighted by molar-refractivity contribution is 6.30. The van der Waals surface area contributed by atoms with Gasteiger partial charge in [0.15, 0.2) is 5.69 Å². The first-order valence-electron chi connectivity index (χ1n) is 6.57. The molecule has 1 heterocycles. The molecule has 0 aliphatic rings. The van der Waals surface area contributed by atoms with Crippen molar-refractivity contribution in [3.8, 4) is 0 Å². The van der Waals surface area contributed by atoms with Crippen molar-refractivity contribution in [3.05, 3.63) is 46.6 Å². The molecule has 1 aromatic heterocycles. The van der Waals surface area contributed by atoms with Gasteiger partial charge in [0.25, 0.3) is 0 Å². The van der Waals surface area contributed by atoms with E-state index in [0.29, 0.717) is 18.1 Å². The first-order valence-corrected chi connectivity index (χ1v) is 6.94. The van der Waals surface area contributed by atoms with Crippen molar-refractivity contribution < 1.29 is 13.2 Å². The zero-order valence-electron chi connectivity index (χ0n) is 11.7. The molecule has 0 saturated heterocycles. The average molecular weight is 331 g/mol. The molecule has 2 N–H and O–H groups in total. The summed E-state index contributed by atoms with van der Waals surface area (Å²) in [5.41, 5.74) is -0.112. The van der Waals surface area contributed by atoms with Gasteiger partial charge in [-0.2, -0.15) is 18.2 Å². The Bertz CT molecular complexity index is 629. The Labute approximate surface area is 130 Å². The summed E-state index contributed by atoms with van der Waals surface area (Å²) in [6, 6.07) is 7.88. The Kier molecular flexibility index (Phi) is 5.07. The second kappa shape index (κ2) is 6.83. The molecule has 0 unspecified atom stereocenters. The van der Waals surface area contributed by atoms with E-state index >= 15 is 0 Å². The Morgan fingerprint density at radius 1 is 1.09 bits per heavy atom. The third kappa shape index (κ3) is 4.49. The summed E-state index contributed by atoms with van der Waals surface area (Å²) in [7, 11) is 0. The van der Waals surface area contributed by atoms with Gasteiger partial charge in [-0.25, -0.2) is 4.98 Å². The number of alkyl halides is 3. The Morgan fingerprint density at radius 2 is 1.77 bits per heavy atom. The lowest BCUT2D eigenvalue weighted by molar-refractivity contribution is -0.141. The van der Waals surface area contributed by atoms with E-state index in [0.717, 1.165) is 11.6 Å². The second-order valence-corrected chi connectivity index (χ2v) is 4.91. The largest absolute Gasteiger partial charge is 0.433 e. The van der Waals surface area contributed by atoms with E-state index < -0.39 is 11.9 Å². The molecule has 0 aliphatic heterocycles. The van der Waals surface area contributed by atoms with Crippen LogP contribution in [-0.2, 0) is 12.7 Å². The number of nitrogens with zero attached hydrogens (tertiary/aromatic N) is 2. The first kappa shape index (κ1) is 16.4. The molecule has 118 valence electrons. The molecule has 0 spiro atoms. The fourth-order valence-electron chi connectivity index (χ4n) is 1.72. The lowest BCUT2D eigenvalue weighted by atomic mass is 10.2. The zero-order valence-corrected chi connectivity index (χ0v) is 12.5. The van der Waals surface area contributed by atoms with Gasteiger partial charge in [0.1, 0.15) is 5.82 Å².